The van der Waals surface area contributed by atoms with Gasteiger partial charge in [0.25, 0.3) is 0 Å². The van der Waals surface area contributed by atoms with Crippen molar-refractivity contribution in [3.05, 3.63) is 113 Å². The average molecular weight is 553 g/mol. The number of nitriles is 1. The molecule has 1 unspecified atom stereocenters. The van der Waals surface area contributed by atoms with E-state index >= 15 is 0 Å². The lowest BCUT2D eigenvalue weighted by atomic mass is 9.69. The Kier molecular flexibility index (Phi) is 7.20. The first-order valence-electron chi connectivity index (χ1n) is 13.9. The summed E-state index contributed by atoms with van der Waals surface area (Å²) in [7, 11) is 7.13. The van der Waals surface area contributed by atoms with E-state index in [4.69, 9.17) is 14.3 Å². The van der Waals surface area contributed by atoms with E-state index in [1.807, 2.05) is 41.5 Å². The summed E-state index contributed by atoms with van der Waals surface area (Å²) in [6, 6.07) is 22.5. The zero-order valence-corrected chi connectivity index (χ0v) is 23.2. The monoisotopic (exact) mass is 553 g/mol. The normalized spacial score (nSPS) is 16.5. The molecule has 2 aliphatic rings. The van der Waals surface area contributed by atoms with Gasteiger partial charge in [0.15, 0.2) is 0 Å². The summed E-state index contributed by atoms with van der Waals surface area (Å²) in [6.45, 7) is 2.09. The first kappa shape index (κ1) is 27.2. The van der Waals surface area contributed by atoms with Crippen LogP contribution in [0.1, 0.15) is 54.5 Å². The number of halogens is 1. The fourth-order valence-corrected chi connectivity index (χ4v) is 5.32. The molecule has 0 spiro atoms. The third-order valence-corrected chi connectivity index (χ3v) is 7.77. The largest absolute Gasteiger partial charge is 0.378 e. The summed E-state index contributed by atoms with van der Waals surface area (Å²) in [5.74, 6) is 2.39. The van der Waals surface area contributed by atoms with E-state index in [1.165, 1.54) is 12.1 Å². The maximum absolute atomic E-state index is 13.9. The maximum Gasteiger partial charge on any atom is 0.123 e. The Balaban J connectivity index is 1.47. The predicted octanol–water partition coefficient (Wildman–Crippen LogP) is 5.55. The van der Waals surface area contributed by atoms with Crippen molar-refractivity contribution >= 4 is 30.1 Å². The molecular formula is C33H29BFN7. The minimum absolute atomic E-state index is 0.0464. The van der Waals surface area contributed by atoms with Gasteiger partial charge in [-0.3, -0.25) is 9.99 Å². The minimum atomic E-state index is -1.28. The van der Waals surface area contributed by atoms with Crippen molar-refractivity contribution in [3.63, 3.8) is 0 Å². The standard InChI is InChI=1S/C33H29BFN7/c1-3-21-16-26(39-33(34,24-10-12-25(35)13-11-24)30-20-42(41-40-30)27-14-15-27)17-28-31(21)37-19-23(18-36)32(28)38-29(4-2)22-8-6-5-7-9-22/h1,5-13,16-17,19-20,27,29,39-41H,4,14-15H2,2H3,(H,37,38)/t29-,33?/m1/s1. The van der Waals surface area contributed by atoms with Gasteiger partial charge in [-0.25, -0.2) is 4.39 Å². The Morgan fingerprint density at radius 3 is 2.60 bits per heavy atom. The van der Waals surface area contributed by atoms with Crippen LogP contribution >= 0.6 is 0 Å². The molecule has 2 radical (unpaired) electrons. The summed E-state index contributed by atoms with van der Waals surface area (Å²) in [4.78, 5) is 4.56. The molecule has 4 aromatic rings. The van der Waals surface area contributed by atoms with Gasteiger partial charge in [0.2, 0.25) is 0 Å². The molecule has 1 fully saturated rings. The highest BCUT2D eigenvalue weighted by Crippen LogP contribution is 2.38. The number of aromatic nitrogens is 1. The number of terminal acetylenes is 1. The Hall–Kier alpha value is -4.99. The third kappa shape index (κ3) is 5.11. The fraction of sp³-hybridized carbons (Fsp3) is 0.212. The molecule has 9 heteroatoms. The molecule has 7 nitrogen and oxygen atoms in total. The number of anilines is 2. The van der Waals surface area contributed by atoms with Crippen LogP contribution in [0.25, 0.3) is 10.9 Å². The van der Waals surface area contributed by atoms with E-state index in [0.717, 1.165) is 24.8 Å². The molecule has 1 aliphatic carbocycles. The number of pyridine rings is 1. The zero-order chi connectivity index (χ0) is 29.3. The molecule has 4 N–H and O–H groups in total. The van der Waals surface area contributed by atoms with Crippen LogP contribution in [0, 0.1) is 29.5 Å². The molecule has 0 amide bonds. The molecule has 2 atom stereocenters. The molecule has 1 aliphatic heterocycles. The van der Waals surface area contributed by atoms with Crippen LogP contribution in [0.2, 0.25) is 0 Å². The molecule has 0 saturated heterocycles. The molecule has 1 aromatic heterocycles. The van der Waals surface area contributed by atoms with Gasteiger partial charge in [-0.2, -0.15) is 5.26 Å². The number of hydrazine groups is 2. The van der Waals surface area contributed by atoms with E-state index in [2.05, 4.69) is 57.6 Å². The second-order valence-corrected chi connectivity index (χ2v) is 10.6. The average Bonchev–Trinajstić information content (AvgIpc) is 3.75. The lowest BCUT2D eigenvalue weighted by Gasteiger charge is -2.34. The number of rotatable bonds is 9. The number of nitrogens with zero attached hydrogens (tertiary/aromatic N) is 3. The van der Waals surface area contributed by atoms with E-state index in [0.29, 0.717) is 50.7 Å². The van der Waals surface area contributed by atoms with Crippen LogP contribution in [0.5, 0.6) is 0 Å². The summed E-state index contributed by atoms with van der Waals surface area (Å²) in [5.41, 5.74) is 10.3. The molecule has 1 saturated carbocycles. The van der Waals surface area contributed by atoms with Gasteiger partial charge < -0.3 is 16.1 Å². The minimum Gasteiger partial charge on any atom is -0.378 e. The van der Waals surface area contributed by atoms with Gasteiger partial charge in [0.05, 0.1) is 39.5 Å². The van der Waals surface area contributed by atoms with Gasteiger partial charge in [0, 0.05) is 29.5 Å². The summed E-state index contributed by atoms with van der Waals surface area (Å²) >= 11 is 0. The van der Waals surface area contributed by atoms with Gasteiger partial charge in [-0.05, 0) is 54.7 Å². The molecule has 6 rings (SSSR count). The van der Waals surface area contributed by atoms with Crippen molar-refractivity contribution in [1.82, 2.24) is 21.0 Å². The molecular weight excluding hydrogens is 524 g/mol. The molecule has 42 heavy (non-hydrogen) atoms. The van der Waals surface area contributed by atoms with Crippen molar-refractivity contribution in [3.8, 4) is 18.4 Å². The molecule has 3 aromatic carbocycles. The van der Waals surface area contributed by atoms with Gasteiger partial charge in [-0.1, -0.05) is 55.3 Å². The van der Waals surface area contributed by atoms with E-state index in [9.17, 15) is 9.65 Å². The second kappa shape index (κ2) is 11.1. The van der Waals surface area contributed by atoms with E-state index < -0.39 is 5.44 Å². The highest BCUT2D eigenvalue weighted by atomic mass is 19.1. The van der Waals surface area contributed by atoms with Crippen molar-refractivity contribution in [2.24, 2.45) is 0 Å². The fourth-order valence-electron chi connectivity index (χ4n) is 5.32. The zero-order valence-electron chi connectivity index (χ0n) is 23.2. The molecule has 2 heterocycles. The van der Waals surface area contributed by atoms with E-state index in [1.54, 1.807) is 18.3 Å². The van der Waals surface area contributed by atoms with Gasteiger partial charge >= 0.3 is 0 Å². The Morgan fingerprint density at radius 2 is 1.93 bits per heavy atom. The maximum atomic E-state index is 13.9. The van der Waals surface area contributed by atoms with Crippen molar-refractivity contribution in [2.45, 2.75) is 43.7 Å². The first-order valence-corrected chi connectivity index (χ1v) is 13.9. The lowest BCUT2D eigenvalue weighted by molar-refractivity contribution is 0.260. The number of benzene rings is 3. The van der Waals surface area contributed by atoms with E-state index in [-0.39, 0.29) is 11.9 Å². The van der Waals surface area contributed by atoms with Crippen LogP contribution in [-0.4, -0.2) is 23.9 Å². The quantitative estimate of drug-likeness (QED) is 0.160. The third-order valence-electron chi connectivity index (χ3n) is 7.77. The lowest BCUT2D eigenvalue weighted by Crippen LogP contribution is -2.45. The smallest absolute Gasteiger partial charge is 0.123 e. The number of nitrogens with one attached hydrogen (secondary N) is 4. The Morgan fingerprint density at radius 1 is 1.17 bits per heavy atom. The summed E-state index contributed by atoms with van der Waals surface area (Å²) < 4.78 is 13.9. The molecule has 206 valence electrons. The van der Waals surface area contributed by atoms with Crippen molar-refractivity contribution < 1.29 is 4.39 Å². The topological polar surface area (TPSA) is 88.0 Å². The number of hydrogen-bond donors (Lipinski definition) is 4. The van der Waals surface area contributed by atoms with Crippen LogP contribution in [0.4, 0.5) is 15.8 Å². The van der Waals surface area contributed by atoms with Crippen LogP contribution in [-0.2, 0) is 5.44 Å². The molecule has 0 bridgehead atoms. The SMILES string of the molecule is [B]C(Nc1cc(C#C)c2ncc(C#N)c(N[C@H](CC)c3ccccc3)c2c1)(C1=CN(C2CC2)NN1)c1ccc(F)cc1. The second-order valence-electron chi connectivity index (χ2n) is 10.6. The highest BCUT2D eigenvalue weighted by molar-refractivity contribution is 6.19. The summed E-state index contributed by atoms with van der Waals surface area (Å²) in [5, 5.41) is 19.8. The number of hydrogen-bond acceptors (Lipinski definition) is 7. The summed E-state index contributed by atoms with van der Waals surface area (Å²) in [6.07, 6.45) is 12.4. The van der Waals surface area contributed by atoms with Crippen LogP contribution < -0.4 is 21.6 Å². The highest BCUT2D eigenvalue weighted by Gasteiger charge is 2.37. The van der Waals surface area contributed by atoms with Crippen LogP contribution in [0.15, 0.2) is 84.8 Å². The Labute approximate surface area is 246 Å². The van der Waals surface area contributed by atoms with Crippen molar-refractivity contribution in [1.29, 1.82) is 5.26 Å². The van der Waals surface area contributed by atoms with Gasteiger partial charge in [0.1, 0.15) is 19.7 Å². The first-order chi connectivity index (χ1) is 20.4. The Bertz CT molecular complexity index is 1740. The predicted molar refractivity (Wildman–Crippen MR) is 164 cm³/mol. The van der Waals surface area contributed by atoms with Crippen molar-refractivity contribution in [2.75, 3.05) is 10.6 Å². The number of fused-ring (bicyclic) bond motifs is 1. The van der Waals surface area contributed by atoms with Gasteiger partial charge in [-0.15, -0.1) is 12.0 Å². The van der Waals surface area contributed by atoms with Crippen LogP contribution in [0.3, 0.4) is 0 Å².